The molecule has 1 unspecified atom stereocenters. The van der Waals surface area contributed by atoms with Crippen molar-refractivity contribution in [3.8, 4) is 0 Å². The lowest BCUT2D eigenvalue weighted by molar-refractivity contribution is -0.301. The van der Waals surface area contributed by atoms with Crippen molar-refractivity contribution in [2.24, 2.45) is 23.7 Å². The number of likely N-dealkylation sites (N-methyl/N-ethyl adjacent to an activating group) is 1. The van der Waals surface area contributed by atoms with E-state index >= 15 is 0 Å². The molecule has 3 aliphatic heterocycles. The van der Waals surface area contributed by atoms with Gasteiger partial charge in [0.15, 0.2) is 11.9 Å². The molecule has 294 valence electrons. The minimum atomic E-state index is -1.37. The summed E-state index contributed by atoms with van der Waals surface area (Å²) in [5, 5.41) is 23.9. The summed E-state index contributed by atoms with van der Waals surface area (Å²) < 4.78 is 31.2. The molecule has 3 fully saturated rings. The van der Waals surface area contributed by atoms with Gasteiger partial charge in [0.1, 0.15) is 18.0 Å². The summed E-state index contributed by atoms with van der Waals surface area (Å²) in [5.41, 5.74) is -1.62. The van der Waals surface area contributed by atoms with Crippen LogP contribution < -0.4 is 0 Å². The molecule has 2 N–H and O–H groups in total. The van der Waals surface area contributed by atoms with E-state index in [1.54, 1.807) is 44.7 Å². The average molecular weight is 753 g/mol. The standard InChI is InChI=1S/C39H61ClN2O10/c1-12-29-39(8)33(42(37(47)52-39)18-17-26-13-15-27(40)16-14-26)23(4)30(43)21(2)20-38(7,48-11)34(24(5)31(44)25(6)35(46)50-29)51-36-32(45)28(41(9)10)19-22(3)49-36/h13-16,21-25,28-29,31-34,36,44-45H,12,17-20H2,1-11H3/t21-,22-,23+,24+,25-,28+,29-,31+,32-,33-,34-,36?,38+,39-/m1/s1. The number of rotatable bonds is 8. The number of hydrogen-bond acceptors (Lipinski definition) is 11. The van der Waals surface area contributed by atoms with Gasteiger partial charge in [0.2, 0.25) is 0 Å². The van der Waals surface area contributed by atoms with E-state index in [0.29, 0.717) is 24.3 Å². The van der Waals surface area contributed by atoms with Crippen LogP contribution >= 0.6 is 11.6 Å². The number of nitrogens with zero attached hydrogens (tertiary/aromatic N) is 2. The quantitative estimate of drug-likeness (QED) is 0.351. The normalized spacial score (nSPS) is 41.0. The summed E-state index contributed by atoms with van der Waals surface area (Å²) in [4.78, 5) is 45.7. The molecule has 3 saturated heterocycles. The fourth-order valence-corrected chi connectivity index (χ4v) is 8.89. The third-order valence-corrected chi connectivity index (χ3v) is 12.2. The molecular formula is C39H61ClN2O10. The number of halogens is 1. The Morgan fingerprint density at radius 2 is 1.63 bits per heavy atom. The van der Waals surface area contributed by atoms with Crippen LogP contribution in [0.25, 0.3) is 0 Å². The first kappa shape index (κ1) is 42.4. The summed E-state index contributed by atoms with van der Waals surface area (Å²) in [6.07, 6.45) is -4.53. The second-order valence-electron chi connectivity index (χ2n) is 16.0. The Morgan fingerprint density at radius 3 is 2.21 bits per heavy atom. The summed E-state index contributed by atoms with van der Waals surface area (Å²) in [6.45, 7) is 14.5. The van der Waals surface area contributed by atoms with E-state index in [1.807, 2.05) is 58.8 Å². The van der Waals surface area contributed by atoms with Crippen molar-refractivity contribution >= 4 is 29.4 Å². The number of carbonyl (C=O) groups is 3. The zero-order chi connectivity index (χ0) is 38.9. The van der Waals surface area contributed by atoms with Crippen molar-refractivity contribution in [3.05, 3.63) is 34.9 Å². The van der Waals surface area contributed by atoms with Crippen molar-refractivity contribution in [3.63, 3.8) is 0 Å². The molecule has 0 saturated carbocycles. The third kappa shape index (κ3) is 8.64. The van der Waals surface area contributed by atoms with Gasteiger partial charge in [0.05, 0.1) is 35.9 Å². The van der Waals surface area contributed by atoms with Gasteiger partial charge in [-0.05, 0) is 85.2 Å². The molecule has 0 aliphatic carbocycles. The van der Waals surface area contributed by atoms with Crippen LogP contribution in [0.1, 0.15) is 80.2 Å². The number of esters is 1. The van der Waals surface area contributed by atoms with Crippen LogP contribution in [-0.2, 0) is 39.7 Å². The lowest BCUT2D eigenvalue weighted by Crippen LogP contribution is -2.60. The SMILES string of the molecule is CC[C@H]1OC(=O)[C@H](C)[C@@H](O)[C@H](C)[C@@H](OC2O[C@H](C)C[C@H](N(C)C)[C@H]2O)[C@@](C)(OC)C[C@@H](C)C(=O)[C@H](C)[C@H]2N(CCc3ccc(Cl)cc3)C(=O)O[C@]12C. The largest absolute Gasteiger partial charge is 0.458 e. The van der Waals surface area contributed by atoms with Gasteiger partial charge in [0.25, 0.3) is 0 Å². The highest BCUT2D eigenvalue weighted by molar-refractivity contribution is 6.30. The Balaban J connectivity index is 1.76. The Labute approximate surface area is 314 Å². The van der Waals surface area contributed by atoms with Gasteiger partial charge >= 0.3 is 12.1 Å². The van der Waals surface area contributed by atoms with Crippen molar-refractivity contribution in [2.45, 2.75) is 141 Å². The molecule has 0 spiro atoms. The molecule has 1 aromatic rings. The van der Waals surface area contributed by atoms with E-state index in [9.17, 15) is 24.6 Å². The topological polar surface area (TPSA) is 144 Å². The number of ketones is 1. The molecule has 12 nitrogen and oxygen atoms in total. The van der Waals surface area contributed by atoms with Crippen molar-refractivity contribution in [1.82, 2.24) is 9.80 Å². The van der Waals surface area contributed by atoms with Gasteiger partial charge in [0, 0.05) is 42.5 Å². The number of cyclic esters (lactones) is 1. The lowest BCUT2D eigenvalue weighted by atomic mass is 9.73. The number of ether oxygens (including phenoxy) is 5. The minimum Gasteiger partial charge on any atom is -0.458 e. The number of Topliss-reactive ketones (excluding diaryl/α,β-unsaturated/α-hetero) is 1. The van der Waals surface area contributed by atoms with E-state index in [0.717, 1.165) is 5.56 Å². The predicted octanol–water partition coefficient (Wildman–Crippen LogP) is 4.88. The molecule has 4 rings (SSSR count). The molecule has 13 heteroatoms. The molecule has 1 amide bonds. The van der Waals surface area contributed by atoms with E-state index in [4.69, 9.17) is 35.3 Å². The number of hydrogen-bond donors (Lipinski definition) is 2. The summed E-state index contributed by atoms with van der Waals surface area (Å²) in [7, 11) is 5.29. The monoisotopic (exact) mass is 752 g/mol. The first-order valence-electron chi connectivity index (χ1n) is 18.7. The third-order valence-electron chi connectivity index (χ3n) is 11.9. The van der Waals surface area contributed by atoms with Crippen LogP contribution in [0.5, 0.6) is 0 Å². The molecule has 1 aromatic carbocycles. The zero-order valence-electron chi connectivity index (χ0n) is 32.7. The fraction of sp³-hybridized carbons (Fsp3) is 0.769. The predicted molar refractivity (Wildman–Crippen MR) is 196 cm³/mol. The fourth-order valence-electron chi connectivity index (χ4n) is 8.76. The first-order valence-corrected chi connectivity index (χ1v) is 19.0. The number of benzene rings is 1. The number of aliphatic hydroxyl groups is 2. The van der Waals surface area contributed by atoms with Crippen molar-refractivity contribution in [2.75, 3.05) is 27.7 Å². The molecule has 52 heavy (non-hydrogen) atoms. The Bertz CT molecular complexity index is 1400. The molecule has 0 bridgehead atoms. The van der Waals surface area contributed by atoms with Gasteiger partial charge in [-0.3, -0.25) is 14.5 Å². The van der Waals surface area contributed by atoms with Gasteiger partial charge in [-0.15, -0.1) is 0 Å². The van der Waals surface area contributed by atoms with Crippen LogP contribution in [0, 0.1) is 23.7 Å². The lowest BCUT2D eigenvalue weighted by Gasteiger charge is -2.48. The number of methoxy groups -OCH3 is 1. The van der Waals surface area contributed by atoms with Crippen LogP contribution in [0.3, 0.4) is 0 Å². The van der Waals surface area contributed by atoms with Gasteiger partial charge < -0.3 is 38.8 Å². The highest BCUT2D eigenvalue weighted by Gasteiger charge is 2.60. The van der Waals surface area contributed by atoms with E-state index < -0.39 is 83.7 Å². The number of amides is 1. The van der Waals surface area contributed by atoms with Crippen molar-refractivity contribution in [1.29, 1.82) is 0 Å². The summed E-state index contributed by atoms with van der Waals surface area (Å²) >= 11 is 6.10. The van der Waals surface area contributed by atoms with E-state index in [1.165, 1.54) is 7.11 Å². The minimum absolute atomic E-state index is 0.136. The Hall–Kier alpha value is -2.32. The van der Waals surface area contributed by atoms with Gasteiger partial charge in [-0.25, -0.2) is 4.79 Å². The van der Waals surface area contributed by atoms with Gasteiger partial charge in [-0.1, -0.05) is 51.4 Å². The molecule has 0 radical (unpaired) electrons. The molecule has 14 atom stereocenters. The molecule has 0 aromatic heterocycles. The van der Waals surface area contributed by atoms with Crippen molar-refractivity contribution < 1.29 is 48.3 Å². The highest BCUT2D eigenvalue weighted by Crippen LogP contribution is 2.43. The molecule has 3 heterocycles. The average Bonchev–Trinajstić information content (AvgIpc) is 3.36. The van der Waals surface area contributed by atoms with E-state index in [-0.39, 0.29) is 30.9 Å². The second-order valence-corrected chi connectivity index (χ2v) is 16.4. The Morgan fingerprint density at radius 1 is 1.00 bits per heavy atom. The second kappa shape index (κ2) is 17.0. The summed E-state index contributed by atoms with van der Waals surface area (Å²) in [5.74, 6) is -3.94. The van der Waals surface area contributed by atoms with Gasteiger partial charge in [-0.2, -0.15) is 0 Å². The maximum Gasteiger partial charge on any atom is 0.410 e. The van der Waals surface area contributed by atoms with Crippen LogP contribution in [-0.4, -0.2) is 126 Å². The number of fused-ring (bicyclic) bond motifs is 1. The molecule has 3 aliphatic rings. The van der Waals surface area contributed by atoms with Crippen LogP contribution in [0.15, 0.2) is 24.3 Å². The maximum atomic E-state index is 14.6. The number of aliphatic hydroxyl groups excluding tert-OH is 2. The van der Waals surface area contributed by atoms with E-state index in [2.05, 4.69) is 0 Å². The maximum absolute atomic E-state index is 14.6. The Kier molecular flexibility index (Phi) is 13.9. The number of carbonyl (C=O) groups excluding carboxylic acids is 3. The molecular weight excluding hydrogens is 692 g/mol. The smallest absolute Gasteiger partial charge is 0.410 e. The summed E-state index contributed by atoms with van der Waals surface area (Å²) in [6, 6.07) is 6.32. The zero-order valence-corrected chi connectivity index (χ0v) is 33.5. The highest BCUT2D eigenvalue weighted by atomic mass is 35.5. The van der Waals surface area contributed by atoms with Crippen LogP contribution in [0.2, 0.25) is 5.02 Å². The first-order chi connectivity index (χ1) is 24.3. The van der Waals surface area contributed by atoms with Crippen LogP contribution in [0.4, 0.5) is 4.79 Å².